The summed E-state index contributed by atoms with van der Waals surface area (Å²) in [6.45, 7) is 5.80. The number of hydrogen-bond acceptors (Lipinski definition) is 4. The number of carbonyl (C=O) groups excluding carboxylic acids is 2. The molecule has 0 aliphatic rings. The van der Waals surface area contributed by atoms with Crippen molar-refractivity contribution >= 4 is 35.0 Å². The molecule has 0 saturated carbocycles. The fourth-order valence-electron chi connectivity index (χ4n) is 3.06. The number of hydrogen-bond donors (Lipinski definition) is 2. The zero-order valence-electron chi connectivity index (χ0n) is 17.8. The molecule has 31 heavy (non-hydrogen) atoms. The first-order valence-corrected chi connectivity index (χ1v) is 10.9. The van der Waals surface area contributed by atoms with Gasteiger partial charge in [-0.05, 0) is 74.4 Å². The summed E-state index contributed by atoms with van der Waals surface area (Å²) >= 11 is 1.44. The summed E-state index contributed by atoms with van der Waals surface area (Å²) < 4.78 is 5.47. The number of aryl methyl sites for hydroxylation is 2. The van der Waals surface area contributed by atoms with Crippen molar-refractivity contribution < 1.29 is 14.3 Å². The van der Waals surface area contributed by atoms with Gasteiger partial charge in [0.2, 0.25) is 5.91 Å². The number of para-hydroxylation sites is 1. The van der Waals surface area contributed by atoms with Crippen LogP contribution in [0.15, 0.2) is 77.7 Å². The second-order valence-corrected chi connectivity index (χ2v) is 8.72. The SMILES string of the molecule is Cc1cc(C)cc(NC(=O)C(C)Sc2cccc(NC(=O)COc3ccccc3)c2)c1. The Labute approximate surface area is 187 Å². The maximum atomic E-state index is 12.6. The first kappa shape index (κ1) is 22.4. The normalized spacial score (nSPS) is 11.5. The van der Waals surface area contributed by atoms with Gasteiger partial charge in [-0.15, -0.1) is 11.8 Å². The molecule has 1 unspecified atom stereocenters. The Morgan fingerprint density at radius 1 is 0.871 bits per heavy atom. The predicted octanol–water partition coefficient (Wildman–Crippen LogP) is 5.44. The molecule has 0 fully saturated rings. The highest BCUT2D eigenvalue weighted by Crippen LogP contribution is 2.27. The monoisotopic (exact) mass is 434 g/mol. The van der Waals surface area contributed by atoms with Gasteiger partial charge >= 0.3 is 0 Å². The lowest BCUT2D eigenvalue weighted by atomic mass is 10.1. The van der Waals surface area contributed by atoms with Crippen LogP contribution in [0.25, 0.3) is 0 Å². The third kappa shape index (κ3) is 7.19. The van der Waals surface area contributed by atoms with E-state index in [1.165, 1.54) is 11.8 Å². The van der Waals surface area contributed by atoms with E-state index >= 15 is 0 Å². The van der Waals surface area contributed by atoms with Crippen molar-refractivity contribution in [3.63, 3.8) is 0 Å². The molecule has 0 saturated heterocycles. The zero-order chi connectivity index (χ0) is 22.2. The van der Waals surface area contributed by atoms with Gasteiger partial charge in [-0.3, -0.25) is 9.59 Å². The van der Waals surface area contributed by atoms with Gasteiger partial charge in [0.15, 0.2) is 6.61 Å². The van der Waals surface area contributed by atoms with Crippen LogP contribution in [0.4, 0.5) is 11.4 Å². The zero-order valence-corrected chi connectivity index (χ0v) is 18.7. The van der Waals surface area contributed by atoms with Crippen LogP contribution in [0.3, 0.4) is 0 Å². The van der Waals surface area contributed by atoms with Crippen LogP contribution in [0.2, 0.25) is 0 Å². The van der Waals surface area contributed by atoms with Crippen LogP contribution in [0.5, 0.6) is 5.75 Å². The van der Waals surface area contributed by atoms with E-state index in [4.69, 9.17) is 4.74 Å². The molecule has 0 aromatic heterocycles. The standard InChI is InChI=1S/C25H26N2O3S/c1-17-12-18(2)14-21(13-17)27-25(29)19(3)31-23-11-7-8-20(15-23)26-24(28)16-30-22-9-5-4-6-10-22/h4-15,19H,16H2,1-3H3,(H,26,28)(H,27,29). The van der Waals surface area contributed by atoms with Crippen molar-refractivity contribution in [3.05, 3.63) is 83.9 Å². The highest BCUT2D eigenvalue weighted by molar-refractivity contribution is 8.00. The van der Waals surface area contributed by atoms with Crippen molar-refractivity contribution in [2.24, 2.45) is 0 Å². The highest BCUT2D eigenvalue weighted by Gasteiger charge is 2.15. The summed E-state index contributed by atoms with van der Waals surface area (Å²) in [6, 6.07) is 22.6. The van der Waals surface area contributed by atoms with Gasteiger partial charge in [0.1, 0.15) is 5.75 Å². The fourth-order valence-corrected chi connectivity index (χ4v) is 3.98. The van der Waals surface area contributed by atoms with E-state index < -0.39 is 0 Å². The molecule has 3 rings (SSSR count). The smallest absolute Gasteiger partial charge is 0.262 e. The Hall–Kier alpha value is -3.25. The molecule has 0 bridgehead atoms. The Morgan fingerprint density at radius 3 is 2.29 bits per heavy atom. The first-order chi connectivity index (χ1) is 14.9. The van der Waals surface area contributed by atoms with Crippen LogP contribution < -0.4 is 15.4 Å². The van der Waals surface area contributed by atoms with E-state index in [-0.39, 0.29) is 23.7 Å². The minimum Gasteiger partial charge on any atom is -0.484 e. The molecule has 5 nitrogen and oxygen atoms in total. The van der Waals surface area contributed by atoms with Crippen LogP contribution >= 0.6 is 11.8 Å². The third-order valence-electron chi connectivity index (χ3n) is 4.40. The van der Waals surface area contributed by atoms with Crippen molar-refractivity contribution in [3.8, 4) is 5.75 Å². The number of ether oxygens (including phenoxy) is 1. The molecule has 0 aliphatic carbocycles. The van der Waals surface area contributed by atoms with Gasteiger partial charge < -0.3 is 15.4 Å². The molecule has 0 aliphatic heterocycles. The maximum Gasteiger partial charge on any atom is 0.262 e. The number of amides is 2. The topological polar surface area (TPSA) is 67.4 Å². The minimum atomic E-state index is -0.298. The third-order valence-corrected chi connectivity index (χ3v) is 5.50. The minimum absolute atomic E-state index is 0.0688. The Kier molecular flexibility index (Phi) is 7.73. The number of benzene rings is 3. The average molecular weight is 435 g/mol. The van der Waals surface area contributed by atoms with E-state index in [2.05, 4.69) is 16.7 Å². The number of rotatable bonds is 8. The Morgan fingerprint density at radius 2 is 1.58 bits per heavy atom. The lowest BCUT2D eigenvalue weighted by molar-refractivity contribution is -0.118. The molecule has 2 amide bonds. The molecule has 6 heteroatoms. The number of nitrogens with one attached hydrogen (secondary N) is 2. The molecular weight excluding hydrogens is 408 g/mol. The summed E-state index contributed by atoms with van der Waals surface area (Å²) in [5, 5.41) is 5.51. The quantitative estimate of drug-likeness (QED) is 0.463. The molecular formula is C25H26N2O3S. The second-order valence-electron chi connectivity index (χ2n) is 7.30. The van der Waals surface area contributed by atoms with Crippen LogP contribution in [-0.2, 0) is 9.59 Å². The fraction of sp³-hybridized carbons (Fsp3) is 0.200. The summed E-state index contributed by atoms with van der Waals surface area (Å²) in [5.74, 6) is 0.331. The first-order valence-electron chi connectivity index (χ1n) is 10.0. The lowest BCUT2D eigenvalue weighted by Gasteiger charge is -2.14. The van der Waals surface area contributed by atoms with Gasteiger partial charge in [-0.1, -0.05) is 30.3 Å². The number of carbonyl (C=O) groups is 2. The van der Waals surface area contributed by atoms with Gasteiger partial charge in [0.25, 0.3) is 5.91 Å². The molecule has 160 valence electrons. The summed E-state index contributed by atoms with van der Waals surface area (Å²) in [4.78, 5) is 25.7. The molecule has 0 radical (unpaired) electrons. The average Bonchev–Trinajstić information content (AvgIpc) is 2.72. The molecule has 1 atom stereocenters. The van der Waals surface area contributed by atoms with E-state index in [1.807, 2.05) is 75.4 Å². The van der Waals surface area contributed by atoms with Crippen LogP contribution in [-0.4, -0.2) is 23.7 Å². The van der Waals surface area contributed by atoms with Crippen LogP contribution in [0.1, 0.15) is 18.1 Å². The van der Waals surface area contributed by atoms with Crippen LogP contribution in [0, 0.1) is 13.8 Å². The molecule has 3 aromatic carbocycles. The highest BCUT2D eigenvalue weighted by atomic mass is 32.2. The van der Waals surface area contributed by atoms with E-state index in [0.717, 1.165) is 21.7 Å². The van der Waals surface area contributed by atoms with Gasteiger partial charge in [-0.25, -0.2) is 0 Å². The van der Waals surface area contributed by atoms with Crippen molar-refractivity contribution in [1.29, 1.82) is 0 Å². The molecule has 0 spiro atoms. The Bertz CT molecular complexity index is 1030. The Balaban J connectivity index is 1.54. The molecule has 2 N–H and O–H groups in total. The van der Waals surface area contributed by atoms with Gasteiger partial charge in [-0.2, -0.15) is 0 Å². The molecule has 3 aromatic rings. The van der Waals surface area contributed by atoms with E-state index in [1.54, 1.807) is 12.1 Å². The summed E-state index contributed by atoms with van der Waals surface area (Å²) in [6.07, 6.45) is 0. The maximum absolute atomic E-state index is 12.6. The van der Waals surface area contributed by atoms with Crippen molar-refractivity contribution in [1.82, 2.24) is 0 Å². The summed E-state index contributed by atoms with van der Waals surface area (Å²) in [7, 11) is 0. The predicted molar refractivity (Wildman–Crippen MR) is 127 cm³/mol. The summed E-state index contributed by atoms with van der Waals surface area (Å²) in [5.41, 5.74) is 3.67. The second kappa shape index (κ2) is 10.7. The van der Waals surface area contributed by atoms with Crippen molar-refractivity contribution in [2.75, 3.05) is 17.2 Å². The van der Waals surface area contributed by atoms with E-state index in [0.29, 0.717) is 11.4 Å². The van der Waals surface area contributed by atoms with Gasteiger partial charge in [0, 0.05) is 16.3 Å². The number of thioether (sulfide) groups is 1. The number of anilines is 2. The molecule has 0 heterocycles. The van der Waals surface area contributed by atoms with Gasteiger partial charge in [0.05, 0.1) is 5.25 Å². The van der Waals surface area contributed by atoms with E-state index in [9.17, 15) is 9.59 Å². The largest absolute Gasteiger partial charge is 0.484 e. The lowest BCUT2D eigenvalue weighted by Crippen LogP contribution is -2.22. The van der Waals surface area contributed by atoms with Crippen molar-refractivity contribution in [2.45, 2.75) is 30.9 Å².